The Labute approximate surface area is 241 Å². The lowest BCUT2D eigenvalue weighted by atomic mass is 9.70. The van der Waals surface area contributed by atoms with Crippen molar-refractivity contribution in [3.63, 3.8) is 0 Å². The van der Waals surface area contributed by atoms with E-state index in [0.717, 1.165) is 43.1 Å². The Morgan fingerprint density at radius 3 is 1.90 bits per heavy atom. The number of rotatable bonds is 9. The monoisotopic (exact) mass is 558 g/mol. The second-order valence-electron chi connectivity index (χ2n) is 11.3. The molecule has 3 aromatic carbocycles. The first kappa shape index (κ1) is 29.2. The highest BCUT2D eigenvalue weighted by Gasteiger charge is 2.29. The predicted molar refractivity (Wildman–Crippen MR) is 159 cm³/mol. The van der Waals surface area contributed by atoms with E-state index in [9.17, 15) is 8.78 Å². The quantitative estimate of drug-likeness (QED) is 0.144. The van der Waals surface area contributed by atoms with Crippen LogP contribution in [0.5, 0.6) is 5.75 Å². The Balaban J connectivity index is 1.27. The molecule has 41 heavy (non-hydrogen) atoms. The fraction of sp³-hybridized carbons (Fsp3) is 0.371. The maximum atomic E-state index is 15.3. The van der Waals surface area contributed by atoms with Gasteiger partial charge in [-0.15, -0.1) is 6.58 Å². The van der Waals surface area contributed by atoms with Crippen LogP contribution in [0.4, 0.5) is 17.6 Å². The van der Waals surface area contributed by atoms with E-state index in [0.29, 0.717) is 22.6 Å². The Morgan fingerprint density at radius 1 is 0.732 bits per heavy atom. The summed E-state index contributed by atoms with van der Waals surface area (Å²) in [6.07, 6.45) is 14.2. The highest BCUT2D eigenvalue weighted by atomic mass is 19.2. The number of halogens is 4. The molecule has 1 unspecified atom stereocenters. The van der Waals surface area contributed by atoms with Crippen LogP contribution in [-0.4, -0.2) is 14.4 Å². The maximum Gasteiger partial charge on any atom is 0.201 e. The summed E-state index contributed by atoms with van der Waals surface area (Å²) in [7, 11) is 5.25. The summed E-state index contributed by atoms with van der Waals surface area (Å²) in [5, 5.41) is 0. The van der Waals surface area contributed by atoms with Gasteiger partial charge in [0.05, 0.1) is 0 Å². The van der Waals surface area contributed by atoms with E-state index >= 15 is 8.78 Å². The standard InChI is InChI=1S/C35H35BF4O/c1-2-3-4-22-5-7-23(8-6-22)24-9-11-25(12-10-24)28-17-18-29(33(38)32(28)37)26-13-15-27(16-14-26)30-19-20-31(41-21-36)35(40)34(30)39/h2,11,13-20,22-24H,1,3-10,12,21H2. The van der Waals surface area contributed by atoms with Gasteiger partial charge in [0.15, 0.2) is 23.2 Å². The van der Waals surface area contributed by atoms with Crippen molar-refractivity contribution in [2.45, 2.75) is 57.8 Å². The summed E-state index contributed by atoms with van der Waals surface area (Å²) in [5.74, 6) is -2.06. The van der Waals surface area contributed by atoms with Gasteiger partial charge in [0, 0.05) is 23.2 Å². The number of hydrogen-bond donors (Lipinski definition) is 0. The number of benzene rings is 3. The largest absolute Gasteiger partial charge is 0.500 e. The summed E-state index contributed by atoms with van der Waals surface area (Å²) in [6.45, 7) is 3.56. The minimum absolute atomic E-state index is 0.0312. The second kappa shape index (κ2) is 13.1. The molecule has 0 heterocycles. The van der Waals surface area contributed by atoms with Crippen LogP contribution in [0.2, 0.25) is 0 Å². The summed E-state index contributed by atoms with van der Waals surface area (Å²) in [4.78, 5) is 0. The second-order valence-corrected chi connectivity index (χ2v) is 11.3. The van der Waals surface area contributed by atoms with Gasteiger partial charge in [-0.1, -0.05) is 61.4 Å². The molecular weight excluding hydrogens is 523 g/mol. The minimum Gasteiger partial charge on any atom is -0.500 e. The normalized spacial score (nSPS) is 20.9. The van der Waals surface area contributed by atoms with E-state index in [1.807, 2.05) is 6.08 Å². The van der Waals surface area contributed by atoms with Gasteiger partial charge in [-0.3, -0.25) is 0 Å². The van der Waals surface area contributed by atoms with Crippen molar-refractivity contribution in [2.75, 3.05) is 6.51 Å². The number of hydrogen-bond acceptors (Lipinski definition) is 1. The third-order valence-electron chi connectivity index (χ3n) is 9.01. The SMILES string of the molecule is [B]COc1ccc(-c2ccc(-c3ccc(C4=CCC(C5CCC(CCC=C)CC5)CC4)c(F)c3F)cc2)c(F)c1F. The molecule has 3 aromatic rings. The summed E-state index contributed by atoms with van der Waals surface area (Å²) < 4.78 is 64.4. The Hall–Kier alpha value is -3.28. The first-order valence-corrected chi connectivity index (χ1v) is 14.6. The highest BCUT2D eigenvalue weighted by molar-refractivity contribution is 6.08. The molecule has 2 aliphatic rings. The Kier molecular flexibility index (Phi) is 9.37. The van der Waals surface area contributed by atoms with Gasteiger partial charge in [-0.25, -0.2) is 13.2 Å². The molecule has 1 saturated carbocycles. The van der Waals surface area contributed by atoms with Crippen molar-refractivity contribution in [3.8, 4) is 28.0 Å². The smallest absolute Gasteiger partial charge is 0.201 e. The number of ether oxygens (including phenoxy) is 1. The van der Waals surface area contributed by atoms with Crippen LogP contribution < -0.4 is 4.74 Å². The average molecular weight is 558 g/mol. The highest BCUT2D eigenvalue weighted by Crippen LogP contribution is 2.43. The van der Waals surface area contributed by atoms with Gasteiger partial charge < -0.3 is 4.74 Å². The van der Waals surface area contributed by atoms with Crippen molar-refractivity contribution >= 4 is 13.4 Å². The molecule has 6 heteroatoms. The van der Waals surface area contributed by atoms with Crippen molar-refractivity contribution in [2.24, 2.45) is 17.8 Å². The first-order valence-electron chi connectivity index (χ1n) is 14.6. The van der Waals surface area contributed by atoms with E-state index < -0.39 is 23.3 Å². The molecule has 0 spiro atoms. The van der Waals surface area contributed by atoms with Crippen molar-refractivity contribution in [1.82, 2.24) is 0 Å². The molecule has 2 aliphatic carbocycles. The minimum atomic E-state index is -1.13. The molecule has 2 radical (unpaired) electrons. The third-order valence-corrected chi connectivity index (χ3v) is 9.01. The van der Waals surface area contributed by atoms with Crippen LogP contribution in [0, 0.1) is 41.0 Å². The van der Waals surface area contributed by atoms with Gasteiger partial charge in [-0.05, 0) is 91.5 Å². The van der Waals surface area contributed by atoms with E-state index in [4.69, 9.17) is 12.6 Å². The average Bonchev–Trinajstić information content (AvgIpc) is 3.00. The molecule has 0 amide bonds. The van der Waals surface area contributed by atoms with Crippen LogP contribution >= 0.6 is 0 Å². The fourth-order valence-corrected chi connectivity index (χ4v) is 6.63. The summed E-state index contributed by atoms with van der Waals surface area (Å²) in [5.41, 5.74) is 2.20. The molecule has 1 fully saturated rings. The van der Waals surface area contributed by atoms with Gasteiger partial charge in [0.25, 0.3) is 0 Å². The van der Waals surface area contributed by atoms with Crippen LogP contribution in [0.25, 0.3) is 27.8 Å². The zero-order chi connectivity index (χ0) is 28.9. The molecule has 0 bridgehead atoms. The molecular formula is C35H35BF4O. The van der Waals surface area contributed by atoms with Crippen LogP contribution in [0.15, 0.2) is 67.3 Å². The molecule has 5 rings (SSSR count). The molecule has 0 N–H and O–H groups in total. The molecule has 0 aliphatic heterocycles. The lowest BCUT2D eigenvalue weighted by Gasteiger charge is -2.35. The molecule has 212 valence electrons. The van der Waals surface area contributed by atoms with Crippen molar-refractivity contribution in [1.29, 1.82) is 0 Å². The summed E-state index contributed by atoms with van der Waals surface area (Å²) >= 11 is 0. The lowest BCUT2D eigenvalue weighted by Crippen LogP contribution is -2.23. The van der Waals surface area contributed by atoms with E-state index in [1.54, 1.807) is 36.4 Å². The van der Waals surface area contributed by atoms with Gasteiger partial charge in [0.2, 0.25) is 5.82 Å². The fourth-order valence-electron chi connectivity index (χ4n) is 6.63. The van der Waals surface area contributed by atoms with Crippen molar-refractivity contribution < 1.29 is 22.3 Å². The van der Waals surface area contributed by atoms with Gasteiger partial charge >= 0.3 is 0 Å². The zero-order valence-corrected chi connectivity index (χ0v) is 23.3. The maximum absolute atomic E-state index is 15.3. The molecule has 0 aromatic heterocycles. The first-order chi connectivity index (χ1) is 19.9. The Morgan fingerprint density at radius 2 is 1.32 bits per heavy atom. The molecule has 1 nitrogen and oxygen atoms in total. The Bertz CT molecular complexity index is 1410. The van der Waals surface area contributed by atoms with Gasteiger partial charge in [0.1, 0.15) is 7.85 Å². The summed E-state index contributed by atoms with van der Waals surface area (Å²) in [6, 6.07) is 12.2. The topological polar surface area (TPSA) is 9.23 Å². The van der Waals surface area contributed by atoms with Crippen molar-refractivity contribution in [3.05, 3.63) is 96.1 Å². The van der Waals surface area contributed by atoms with E-state index in [2.05, 4.69) is 12.7 Å². The zero-order valence-electron chi connectivity index (χ0n) is 23.3. The molecule has 0 saturated heterocycles. The van der Waals surface area contributed by atoms with Crippen LogP contribution in [0.1, 0.15) is 63.4 Å². The van der Waals surface area contributed by atoms with Crippen LogP contribution in [0.3, 0.4) is 0 Å². The third kappa shape index (κ3) is 6.32. The molecule has 1 atom stereocenters. The number of allylic oxidation sites excluding steroid dienone is 3. The van der Waals surface area contributed by atoms with Crippen LogP contribution in [-0.2, 0) is 0 Å². The van der Waals surface area contributed by atoms with E-state index in [1.165, 1.54) is 44.2 Å². The van der Waals surface area contributed by atoms with E-state index in [-0.39, 0.29) is 23.4 Å². The predicted octanol–water partition coefficient (Wildman–Crippen LogP) is 10.0. The van der Waals surface area contributed by atoms with Gasteiger partial charge in [-0.2, -0.15) is 4.39 Å². The lowest BCUT2D eigenvalue weighted by molar-refractivity contribution is 0.190.